The molecule has 3 aromatic rings. The normalized spacial score (nSPS) is 16.5. The molecule has 0 bridgehead atoms. The van der Waals surface area contributed by atoms with Crippen LogP contribution in [0.1, 0.15) is 47.5 Å². The van der Waals surface area contributed by atoms with Crippen molar-refractivity contribution >= 4 is 0 Å². The zero-order chi connectivity index (χ0) is 19.3. The van der Waals surface area contributed by atoms with Crippen LogP contribution in [-0.4, -0.2) is 25.0 Å². The molecule has 0 amide bonds. The third kappa shape index (κ3) is 3.02. The van der Waals surface area contributed by atoms with Crippen molar-refractivity contribution in [2.45, 2.75) is 38.3 Å². The van der Waals surface area contributed by atoms with Crippen molar-refractivity contribution in [3.05, 3.63) is 58.9 Å². The van der Waals surface area contributed by atoms with Crippen LogP contribution in [0.3, 0.4) is 0 Å². The van der Waals surface area contributed by atoms with Crippen LogP contribution >= 0.6 is 0 Å². The smallest absolute Gasteiger partial charge is 0.420 e. The fourth-order valence-corrected chi connectivity index (χ4v) is 3.47. The summed E-state index contributed by atoms with van der Waals surface area (Å²) < 4.78 is 47.7. The maximum atomic E-state index is 13.6. The number of halogens is 3. The average Bonchev–Trinajstić information content (AvgIpc) is 3.17. The molecule has 3 heterocycles. The molecule has 9 heteroatoms. The van der Waals surface area contributed by atoms with E-state index in [0.29, 0.717) is 12.1 Å². The molecule has 1 aliphatic carbocycles. The summed E-state index contributed by atoms with van der Waals surface area (Å²) in [4.78, 5) is 4.20. The second-order valence-corrected chi connectivity index (χ2v) is 6.57. The Kier molecular flexibility index (Phi) is 4.08. The van der Waals surface area contributed by atoms with Crippen LogP contribution < -0.4 is 0 Å². The van der Waals surface area contributed by atoms with Gasteiger partial charge in [0.2, 0.25) is 6.29 Å². The lowest BCUT2D eigenvalue weighted by Crippen LogP contribution is -2.13. The van der Waals surface area contributed by atoms with Crippen LogP contribution in [0.5, 0.6) is 0 Å². The van der Waals surface area contributed by atoms with Gasteiger partial charge in [-0.25, -0.2) is 0 Å². The van der Waals surface area contributed by atoms with Crippen LogP contribution in [0.4, 0.5) is 13.2 Å². The number of hydrogen-bond donors (Lipinski definition) is 2. The topological polar surface area (TPSA) is 84.3 Å². The highest BCUT2D eigenvalue weighted by Crippen LogP contribution is 2.49. The van der Waals surface area contributed by atoms with E-state index in [-0.39, 0.29) is 29.4 Å². The van der Waals surface area contributed by atoms with Crippen LogP contribution in [0.15, 0.2) is 35.0 Å². The summed E-state index contributed by atoms with van der Waals surface area (Å²) in [5, 5.41) is 23.1. The monoisotopic (exact) mass is 379 g/mol. The number of aliphatic hydroxyl groups excluding tert-OH is 1. The number of aliphatic hydroxyl groups is 2. The molecule has 0 fully saturated rings. The van der Waals surface area contributed by atoms with Gasteiger partial charge in [-0.3, -0.25) is 9.67 Å². The van der Waals surface area contributed by atoms with E-state index in [4.69, 9.17) is 4.42 Å². The zero-order valence-corrected chi connectivity index (χ0v) is 14.2. The Morgan fingerprint density at radius 2 is 2.11 bits per heavy atom. The quantitative estimate of drug-likeness (QED) is 0.683. The number of fused-ring (bicyclic) bond motifs is 3. The summed E-state index contributed by atoms with van der Waals surface area (Å²) in [5.74, 6) is -0.957. The molecular formula is C18H16F3N3O3. The van der Waals surface area contributed by atoms with Crippen molar-refractivity contribution < 1.29 is 27.8 Å². The largest absolute Gasteiger partial charge is 0.459 e. The van der Waals surface area contributed by atoms with Crippen LogP contribution in [-0.2, 0) is 19.1 Å². The molecule has 0 radical (unpaired) electrons. The van der Waals surface area contributed by atoms with Crippen molar-refractivity contribution in [1.82, 2.24) is 14.8 Å². The molecule has 6 nitrogen and oxygen atoms in total. The Labute approximate surface area is 151 Å². The second kappa shape index (κ2) is 6.21. The van der Waals surface area contributed by atoms with Gasteiger partial charge in [-0.1, -0.05) is 13.0 Å². The fraction of sp³-hybridized carbons (Fsp3) is 0.333. The van der Waals surface area contributed by atoms with Crippen molar-refractivity contribution in [3.63, 3.8) is 0 Å². The molecule has 0 spiro atoms. The summed E-state index contributed by atoms with van der Waals surface area (Å²) in [6.07, 6.45) is -3.61. The highest BCUT2D eigenvalue weighted by Gasteiger charge is 2.45. The lowest BCUT2D eigenvalue weighted by atomic mass is 9.86. The maximum absolute atomic E-state index is 13.6. The van der Waals surface area contributed by atoms with Gasteiger partial charge < -0.3 is 14.6 Å². The first-order chi connectivity index (χ1) is 12.8. The van der Waals surface area contributed by atoms with Gasteiger partial charge in [-0.2, -0.15) is 18.3 Å². The SMILES string of the molecule is CC1Cc2oc(C(O)O)c(C(F)(F)F)c2-c2nn(Cc3ccccn3)cc21. The molecule has 1 unspecified atom stereocenters. The molecule has 2 N–H and O–H groups in total. The first-order valence-corrected chi connectivity index (χ1v) is 8.32. The minimum absolute atomic E-state index is 0.0634. The number of rotatable bonds is 3. The summed E-state index contributed by atoms with van der Waals surface area (Å²) >= 11 is 0. The second-order valence-electron chi connectivity index (χ2n) is 6.57. The fourth-order valence-electron chi connectivity index (χ4n) is 3.47. The minimum atomic E-state index is -4.81. The van der Waals surface area contributed by atoms with E-state index in [1.807, 2.05) is 13.0 Å². The summed E-state index contributed by atoms with van der Waals surface area (Å²) in [6, 6.07) is 5.39. The van der Waals surface area contributed by atoms with Crippen LogP contribution in [0.2, 0.25) is 0 Å². The van der Waals surface area contributed by atoms with Crippen molar-refractivity contribution in [1.29, 1.82) is 0 Å². The maximum Gasteiger partial charge on any atom is 0.420 e. The molecule has 1 atom stereocenters. The number of pyridine rings is 1. The number of aromatic nitrogens is 3. The number of nitrogens with zero attached hydrogens (tertiary/aromatic N) is 3. The molecule has 0 saturated carbocycles. The van der Waals surface area contributed by atoms with Gasteiger partial charge >= 0.3 is 6.18 Å². The van der Waals surface area contributed by atoms with Crippen LogP contribution in [0.25, 0.3) is 11.3 Å². The van der Waals surface area contributed by atoms with E-state index in [0.717, 1.165) is 5.69 Å². The molecule has 142 valence electrons. The lowest BCUT2D eigenvalue weighted by molar-refractivity contribution is -0.144. The van der Waals surface area contributed by atoms with Gasteiger partial charge in [-0.15, -0.1) is 0 Å². The summed E-state index contributed by atoms with van der Waals surface area (Å²) in [6.45, 7) is 2.17. The van der Waals surface area contributed by atoms with E-state index in [9.17, 15) is 23.4 Å². The van der Waals surface area contributed by atoms with Crippen molar-refractivity contribution in [3.8, 4) is 11.3 Å². The number of alkyl halides is 3. The highest BCUT2D eigenvalue weighted by atomic mass is 19.4. The van der Waals surface area contributed by atoms with Gasteiger partial charge in [0.25, 0.3) is 0 Å². The van der Waals surface area contributed by atoms with Gasteiger partial charge in [0, 0.05) is 24.4 Å². The van der Waals surface area contributed by atoms with E-state index >= 15 is 0 Å². The molecular weight excluding hydrogens is 363 g/mol. The third-order valence-corrected chi connectivity index (χ3v) is 4.63. The highest BCUT2D eigenvalue weighted by molar-refractivity contribution is 5.73. The Hall–Kier alpha value is -2.65. The first-order valence-electron chi connectivity index (χ1n) is 8.32. The Morgan fingerprint density at radius 1 is 1.33 bits per heavy atom. The average molecular weight is 379 g/mol. The van der Waals surface area contributed by atoms with Crippen molar-refractivity contribution in [2.75, 3.05) is 0 Å². The van der Waals surface area contributed by atoms with Crippen molar-refractivity contribution in [2.24, 2.45) is 0 Å². The van der Waals surface area contributed by atoms with E-state index in [1.54, 1.807) is 29.2 Å². The molecule has 0 saturated heterocycles. The standard InChI is InChI=1S/C18H16F3N3O3/c1-9-6-12-13(14(18(19,20)21)16(27-12)17(25)26)15-11(9)8-24(23-15)7-10-4-2-3-5-22-10/h2-5,8-9,17,25-26H,6-7H2,1H3. The predicted octanol–water partition coefficient (Wildman–Crippen LogP) is 3.25. The van der Waals surface area contributed by atoms with Gasteiger partial charge in [0.15, 0.2) is 5.76 Å². The van der Waals surface area contributed by atoms with Gasteiger partial charge in [0.1, 0.15) is 11.3 Å². The van der Waals surface area contributed by atoms with E-state index < -0.39 is 23.8 Å². The zero-order valence-electron chi connectivity index (χ0n) is 14.2. The number of furan rings is 1. The minimum Gasteiger partial charge on any atom is -0.459 e. The molecule has 3 aromatic heterocycles. The van der Waals surface area contributed by atoms with Gasteiger partial charge in [-0.05, 0) is 18.1 Å². The Morgan fingerprint density at radius 3 is 2.74 bits per heavy atom. The molecule has 0 aromatic carbocycles. The molecule has 1 aliphatic rings. The van der Waals surface area contributed by atoms with Gasteiger partial charge in [0.05, 0.1) is 23.5 Å². The Bertz CT molecular complexity index is 977. The van der Waals surface area contributed by atoms with E-state index in [2.05, 4.69) is 10.1 Å². The summed E-state index contributed by atoms with van der Waals surface area (Å²) in [7, 11) is 0. The summed E-state index contributed by atoms with van der Waals surface area (Å²) in [5.41, 5.74) is 0.147. The third-order valence-electron chi connectivity index (χ3n) is 4.63. The molecule has 4 rings (SSSR count). The predicted molar refractivity (Wildman–Crippen MR) is 87.6 cm³/mol. The molecule has 27 heavy (non-hydrogen) atoms. The first kappa shape index (κ1) is 17.7. The number of hydrogen-bond acceptors (Lipinski definition) is 5. The lowest BCUT2D eigenvalue weighted by Gasteiger charge is -2.18. The molecule has 0 aliphatic heterocycles. The van der Waals surface area contributed by atoms with E-state index in [1.165, 1.54) is 0 Å². The van der Waals surface area contributed by atoms with Crippen LogP contribution in [0, 0.1) is 0 Å². The Balaban J connectivity index is 1.86.